The van der Waals surface area contributed by atoms with E-state index in [1.807, 2.05) is 0 Å². The summed E-state index contributed by atoms with van der Waals surface area (Å²) >= 11 is 0. The van der Waals surface area contributed by atoms with Crippen molar-refractivity contribution >= 4 is 29.1 Å². The van der Waals surface area contributed by atoms with E-state index in [-0.39, 0.29) is 22.8 Å². The van der Waals surface area contributed by atoms with Crippen molar-refractivity contribution in [3.05, 3.63) is 82.9 Å². The Kier molecular flexibility index (Phi) is 4.80. The Morgan fingerprint density at radius 1 is 0.963 bits per heavy atom. The molecule has 2 aromatic carbocycles. The number of carbonyl (C=O) groups excluding carboxylic acids is 1. The summed E-state index contributed by atoms with van der Waals surface area (Å²) in [6.45, 7) is 0. The maximum Gasteiger partial charge on any atom is 0.335 e. The smallest absolute Gasteiger partial charge is 0.335 e. The van der Waals surface area contributed by atoms with Gasteiger partial charge in [-0.05, 0) is 48.5 Å². The number of carboxylic acid groups (broad SMARTS) is 1. The second kappa shape index (κ2) is 7.20. The molecule has 0 bridgehead atoms. The van der Waals surface area contributed by atoms with Crippen LogP contribution in [-0.4, -0.2) is 21.8 Å². The van der Waals surface area contributed by atoms with E-state index in [0.717, 1.165) is 18.2 Å². The van der Waals surface area contributed by atoms with E-state index >= 15 is 0 Å². The second-order valence-corrected chi connectivity index (χ2v) is 5.56. The minimum atomic E-state index is -1.05. The van der Waals surface area contributed by atoms with Crippen molar-refractivity contribution in [2.45, 2.75) is 0 Å². The summed E-state index contributed by atoms with van der Waals surface area (Å²) in [5.41, 5.74) is 5.62. The van der Waals surface area contributed by atoms with E-state index in [4.69, 9.17) is 10.8 Å². The number of rotatable bonds is 5. The molecule has 0 spiro atoms. The first-order chi connectivity index (χ1) is 12.9. The number of halogens is 2. The molecule has 0 aliphatic rings. The molecule has 0 atom stereocenters. The van der Waals surface area contributed by atoms with Crippen LogP contribution in [0.3, 0.4) is 0 Å². The fourth-order valence-corrected chi connectivity index (χ4v) is 2.43. The van der Waals surface area contributed by atoms with Crippen LogP contribution in [0.5, 0.6) is 0 Å². The van der Waals surface area contributed by atoms with Crippen LogP contribution < -0.4 is 11.1 Å². The molecule has 3 rings (SSSR count). The maximum absolute atomic E-state index is 13.8. The molecule has 8 heteroatoms. The number of nitrogens with two attached hydrogens (primary N) is 1. The number of carboxylic acids is 1. The van der Waals surface area contributed by atoms with E-state index in [1.165, 1.54) is 36.4 Å². The third-order valence-electron chi connectivity index (χ3n) is 3.76. The standard InChI is InChI=1S/C19H13F2N3O3/c20-13-2-1-3-14(21)16(13)17(25)12-8-9-15(24-18(12)22)23-11-6-4-10(5-7-11)19(26)27/h1-9H,(H,26,27)(H3,22,23,24). The average Bonchev–Trinajstić information content (AvgIpc) is 2.62. The highest BCUT2D eigenvalue weighted by atomic mass is 19.1. The zero-order valence-corrected chi connectivity index (χ0v) is 13.7. The molecule has 136 valence electrons. The van der Waals surface area contributed by atoms with Crippen LogP contribution >= 0.6 is 0 Å². The van der Waals surface area contributed by atoms with Crippen molar-refractivity contribution in [1.29, 1.82) is 0 Å². The third-order valence-corrected chi connectivity index (χ3v) is 3.76. The minimum absolute atomic E-state index is 0.126. The van der Waals surface area contributed by atoms with Crippen molar-refractivity contribution in [1.82, 2.24) is 4.98 Å². The molecular formula is C19H13F2N3O3. The molecule has 0 fully saturated rings. The number of aromatic nitrogens is 1. The molecule has 27 heavy (non-hydrogen) atoms. The largest absolute Gasteiger partial charge is 0.478 e. The Balaban J connectivity index is 1.85. The highest BCUT2D eigenvalue weighted by Crippen LogP contribution is 2.23. The molecule has 0 amide bonds. The average molecular weight is 369 g/mol. The number of ketones is 1. The van der Waals surface area contributed by atoms with Gasteiger partial charge in [-0.15, -0.1) is 0 Å². The number of nitrogens with one attached hydrogen (secondary N) is 1. The Labute approximate surface area is 152 Å². The lowest BCUT2D eigenvalue weighted by Crippen LogP contribution is -2.11. The zero-order valence-electron chi connectivity index (χ0n) is 13.7. The molecule has 0 saturated heterocycles. The first-order valence-electron chi connectivity index (χ1n) is 7.72. The van der Waals surface area contributed by atoms with Gasteiger partial charge in [-0.25, -0.2) is 18.6 Å². The van der Waals surface area contributed by atoms with Crippen LogP contribution in [0.25, 0.3) is 0 Å². The predicted molar refractivity (Wildman–Crippen MR) is 95.1 cm³/mol. The number of nitrogens with zero attached hydrogens (tertiary/aromatic N) is 1. The Morgan fingerprint density at radius 3 is 2.15 bits per heavy atom. The summed E-state index contributed by atoms with van der Waals surface area (Å²) < 4.78 is 27.6. The third kappa shape index (κ3) is 3.74. The Morgan fingerprint density at radius 2 is 1.59 bits per heavy atom. The van der Waals surface area contributed by atoms with Gasteiger partial charge in [-0.2, -0.15) is 0 Å². The van der Waals surface area contributed by atoms with Gasteiger partial charge >= 0.3 is 5.97 Å². The second-order valence-electron chi connectivity index (χ2n) is 5.56. The Bertz CT molecular complexity index is 1020. The molecule has 0 aliphatic carbocycles. The van der Waals surface area contributed by atoms with Gasteiger partial charge in [-0.1, -0.05) is 6.07 Å². The lowest BCUT2D eigenvalue weighted by molar-refractivity contribution is 0.0696. The maximum atomic E-state index is 13.8. The number of carbonyl (C=O) groups is 2. The number of benzene rings is 2. The van der Waals surface area contributed by atoms with Crippen molar-refractivity contribution < 1.29 is 23.5 Å². The normalized spacial score (nSPS) is 10.4. The van der Waals surface area contributed by atoms with Crippen molar-refractivity contribution in [3.8, 4) is 0 Å². The van der Waals surface area contributed by atoms with Crippen molar-refractivity contribution in [2.24, 2.45) is 0 Å². The SMILES string of the molecule is Nc1nc(Nc2ccc(C(=O)O)cc2)ccc1C(=O)c1c(F)cccc1F. The number of anilines is 3. The monoisotopic (exact) mass is 369 g/mol. The number of aromatic carboxylic acids is 1. The highest BCUT2D eigenvalue weighted by molar-refractivity contribution is 6.12. The van der Waals surface area contributed by atoms with Gasteiger partial charge in [-0.3, -0.25) is 4.79 Å². The topological polar surface area (TPSA) is 105 Å². The summed E-state index contributed by atoms with van der Waals surface area (Å²) in [6.07, 6.45) is 0. The lowest BCUT2D eigenvalue weighted by atomic mass is 10.0. The number of pyridine rings is 1. The first kappa shape index (κ1) is 18.0. The van der Waals surface area contributed by atoms with Gasteiger partial charge < -0.3 is 16.2 Å². The molecule has 0 saturated carbocycles. The molecule has 4 N–H and O–H groups in total. The van der Waals surface area contributed by atoms with Gasteiger partial charge in [0.1, 0.15) is 23.3 Å². The van der Waals surface area contributed by atoms with Crippen LogP contribution in [0.4, 0.5) is 26.1 Å². The molecule has 0 unspecified atom stereocenters. The van der Waals surface area contributed by atoms with Gasteiger partial charge in [0.15, 0.2) is 0 Å². The number of hydrogen-bond donors (Lipinski definition) is 3. The summed E-state index contributed by atoms with van der Waals surface area (Å²) in [6, 6.07) is 11.8. The van der Waals surface area contributed by atoms with Crippen LogP contribution in [-0.2, 0) is 0 Å². The van der Waals surface area contributed by atoms with E-state index in [2.05, 4.69) is 10.3 Å². The number of nitrogen functional groups attached to an aromatic ring is 1. The quantitative estimate of drug-likeness (QED) is 0.593. The van der Waals surface area contributed by atoms with Gasteiger partial charge in [0, 0.05) is 5.69 Å². The van der Waals surface area contributed by atoms with E-state index in [1.54, 1.807) is 0 Å². The van der Waals surface area contributed by atoms with Crippen LogP contribution in [0.15, 0.2) is 54.6 Å². The molecule has 0 aliphatic heterocycles. The van der Waals surface area contributed by atoms with Crippen molar-refractivity contribution in [2.75, 3.05) is 11.1 Å². The van der Waals surface area contributed by atoms with Gasteiger partial charge in [0.25, 0.3) is 0 Å². The first-order valence-corrected chi connectivity index (χ1v) is 7.72. The predicted octanol–water partition coefficient (Wildman–Crippen LogP) is 3.61. The summed E-state index contributed by atoms with van der Waals surface area (Å²) in [5, 5.41) is 11.8. The summed E-state index contributed by atoms with van der Waals surface area (Å²) in [7, 11) is 0. The van der Waals surface area contributed by atoms with E-state index in [0.29, 0.717) is 5.69 Å². The molecule has 1 aromatic heterocycles. The van der Waals surface area contributed by atoms with Crippen LogP contribution in [0, 0.1) is 11.6 Å². The van der Waals surface area contributed by atoms with Crippen LogP contribution in [0.1, 0.15) is 26.3 Å². The molecule has 0 radical (unpaired) electrons. The van der Waals surface area contributed by atoms with Crippen molar-refractivity contribution in [3.63, 3.8) is 0 Å². The van der Waals surface area contributed by atoms with Gasteiger partial charge in [0.2, 0.25) is 5.78 Å². The van der Waals surface area contributed by atoms with E-state index < -0.39 is 29.0 Å². The fraction of sp³-hybridized carbons (Fsp3) is 0. The molecule has 3 aromatic rings. The summed E-state index contributed by atoms with van der Waals surface area (Å²) in [4.78, 5) is 27.3. The Hall–Kier alpha value is -3.81. The van der Waals surface area contributed by atoms with E-state index in [9.17, 15) is 18.4 Å². The molecular weight excluding hydrogens is 356 g/mol. The fourth-order valence-electron chi connectivity index (χ4n) is 2.43. The zero-order chi connectivity index (χ0) is 19.6. The summed E-state index contributed by atoms with van der Waals surface area (Å²) in [5.74, 6) is -3.85. The highest BCUT2D eigenvalue weighted by Gasteiger charge is 2.21. The molecule has 1 heterocycles. The van der Waals surface area contributed by atoms with Gasteiger partial charge in [0.05, 0.1) is 16.7 Å². The number of hydrogen-bond acceptors (Lipinski definition) is 5. The minimum Gasteiger partial charge on any atom is -0.478 e. The lowest BCUT2D eigenvalue weighted by Gasteiger charge is -2.10. The molecule has 6 nitrogen and oxygen atoms in total. The van der Waals surface area contributed by atoms with Crippen LogP contribution in [0.2, 0.25) is 0 Å².